The topological polar surface area (TPSA) is 27.3 Å². The van der Waals surface area contributed by atoms with E-state index < -0.39 is 0 Å². The van der Waals surface area contributed by atoms with Gasteiger partial charge in [-0.05, 0) is 25.7 Å². The van der Waals surface area contributed by atoms with E-state index in [1.54, 1.807) is 0 Å². The summed E-state index contributed by atoms with van der Waals surface area (Å²) in [6, 6.07) is 0. The molecule has 2 saturated heterocycles. The van der Waals surface area contributed by atoms with Crippen LogP contribution < -0.4 is 9.80 Å². The maximum absolute atomic E-state index is 6.61. The molecule has 2 aliphatic heterocycles. The van der Waals surface area contributed by atoms with E-state index in [1.165, 1.54) is 193 Å². The Morgan fingerprint density at radius 2 is 0.805 bits per heavy atom. The third kappa shape index (κ3) is 19.7. The first-order valence-electron chi connectivity index (χ1n) is 19.1. The second kappa shape index (κ2) is 26.3. The van der Waals surface area contributed by atoms with E-state index in [9.17, 15) is 0 Å². The zero-order chi connectivity index (χ0) is 29.1. The first-order valence-corrected chi connectivity index (χ1v) is 19.1. The summed E-state index contributed by atoms with van der Waals surface area (Å²) in [6.45, 7) is 16.8. The van der Waals surface area contributed by atoms with Crippen LogP contribution in [0.25, 0.3) is 0 Å². The maximum Gasteiger partial charge on any atom is 0.0914 e. The minimum Gasteiger partial charge on any atom is -0.381 e. The predicted octanol–water partition coefficient (Wildman–Crippen LogP) is 7.21. The molecule has 0 aromatic carbocycles. The van der Waals surface area contributed by atoms with Crippen LogP contribution in [0.15, 0.2) is 0 Å². The van der Waals surface area contributed by atoms with Crippen molar-refractivity contribution in [3.63, 3.8) is 0 Å². The van der Waals surface area contributed by atoms with E-state index in [2.05, 4.69) is 13.8 Å². The van der Waals surface area contributed by atoms with E-state index in [1.807, 2.05) is 9.80 Å². The second-order valence-electron chi connectivity index (χ2n) is 14.2. The number of likely N-dealkylation sites (tertiary alicyclic amines) is 2. The highest BCUT2D eigenvalue weighted by Crippen LogP contribution is 2.25. The maximum atomic E-state index is 6.61. The van der Waals surface area contributed by atoms with Gasteiger partial charge in [-0.25, -0.2) is 0 Å². The van der Waals surface area contributed by atoms with Crippen LogP contribution in [0, 0.1) is 5.41 Å². The first-order chi connectivity index (χ1) is 20.3. The van der Waals surface area contributed by atoms with Gasteiger partial charge >= 0.3 is 0 Å². The second-order valence-corrected chi connectivity index (χ2v) is 14.2. The molecule has 2 heterocycles. The lowest BCUT2D eigenvalue weighted by atomic mass is 9.81. The monoisotopic (exact) mass is 581 g/mol. The van der Waals surface area contributed by atoms with Crippen molar-refractivity contribution >= 4 is 0 Å². The van der Waals surface area contributed by atoms with Gasteiger partial charge < -0.3 is 19.3 Å². The van der Waals surface area contributed by atoms with Crippen molar-refractivity contribution < 1.29 is 19.3 Å². The average Bonchev–Trinajstić information content (AvgIpc) is 3.69. The molecule has 2 N–H and O–H groups in total. The summed E-state index contributed by atoms with van der Waals surface area (Å²) >= 11 is 0. The lowest BCUT2D eigenvalue weighted by Gasteiger charge is -2.36. The Kier molecular flexibility index (Phi) is 23.7. The summed E-state index contributed by atoms with van der Waals surface area (Å²) in [5.41, 5.74) is 0.388. The first kappa shape index (κ1) is 37.0. The summed E-state index contributed by atoms with van der Waals surface area (Å²) in [6.07, 6.45) is 33.1. The third-order valence-electron chi connectivity index (χ3n) is 10.1. The summed E-state index contributed by atoms with van der Waals surface area (Å²) in [4.78, 5) is 3.75. The van der Waals surface area contributed by atoms with Crippen molar-refractivity contribution in [1.82, 2.24) is 0 Å². The van der Waals surface area contributed by atoms with Gasteiger partial charge in [0.15, 0.2) is 0 Å². The molecule has 2 aliphatic rings. The number of unbranched alkanes of at least 4 members (excludes halogenated alkanes) is 16. The quantitative estimate of drug-likeness (QED) is 0.0879. The number of rotatable bonds is 30. The van der Waals surface area contributed by atoms with Crippen LogP contribution in [0.2, 0.25) is 0 Å². The molecule has 0 bridgehead atoms. The van der Waals surface area contributed by atoms with Gasteiger partial charge in [0, 0.05) is 45.5 Å². The highest BCUT2D eigenvalue weighted by Gasteiger charge is 2.40. The van der Waals surface area contributed by atoms with Gasteiger partial charge in [0.05, 0.1) is 51.3 Å². The molecule has 41 heavy (non-hydrogen) atoms. The van der Waals surface area contributed by atoms with Crippen LogP contribution in [-0.4, -0.2) is 65.7 Å². The molecular formula is C37H76N2O2+2. The normalized spacial score (nSPS) is 16.8. The van der Waals surface area contributed by atoms with Gasteiger partial charge in [0.1, 0.15) is 0 Å². The van der Waals surface area contributed by atoms with Gasteiger partial charge in [0.2, 0.25) is 0 Å². The van der Waals surface area contributed by atoms with Crippen molar-refractivity contribution in [2.75, 3.05) is 65.7 Å². The lowest BCUT2D eigenvalue weighted by molar-refractivity contribution is -0.920. The molecule has 0 atom stereocenters. The van der Waals surface area contributed by atoms with Crippen molar-refractivity contribution in [2.24, 2.45) is 5.41 Å². The Morgan fingerprint density at radius 3 is 1.27 bits per heavy atom. The molecule has 0 aliphatic carbocycles. The number of hydrogen-bond donors (Lipinski definition) is 2. The van der Waals surface area contributed by atoms with Gasteiger partial charge in [0.25, 0.3) is 0 Å². The molecule has 0 aromatic rings. The van der Waals surface area contributed by atoms with Crippen LogP contribution in [0.3, 0.4) is 0 Å². The Labute approximate surface area is 258 Å². The van der Waals surface area contributed by atoms with Gasteiger partial charge in [-0.2, -0.15) is 0 Å². The summed E-state index contributed by atoms with van der Waals surface area (Å²) < 4.78 is 12.5. The van der Waals surface area contributed by atoms with Gasteiger partial charge in [-0.3, -0.25) is 0 Å². The molecule has 0 spiro atoms. The van der Waals surface area contributed by atoms with Crippen LogP contribution in [0.4, 0.5) is 0 Å². The van der Waals surface area contributed by atoms with E-state index in [-0.39, 0.29) is 0 Å². The Balaban J connectivity index is 1.68. The van der Waals surface area contributed by atoms with Crippen molar-refractivity contribution in [1.29, 1.82) is 0 Å². The molecule has 0 unspecified atom stereocenters. The number of hydrogen-bond acceptors (Lipinski definition) is 2. The summed E-state index contributed by atoms with van der Waals surface area (Å²) in [5, 5.41) is 0. The van der Waals surface area contributed by atoms with Crippen LogP contribution >= 0.6 is 0 Å². The minimum absolute atomic E-state index is 0.388. The molecular weight excluding hydrogens is 504 g/mol. The molecule has 2 rings (SSSR count). The van der Waals surface area contributed by atoms with Gasteiger partial charge in [-0.15, -0.1) is 0 Å². The molecule has 0 saturated carbocycles. The fraction of sp³-hybridized carbons (Fsp3) is 1.00. The Hall–Kier alpha value is -0.160. The lowest BCUT2D eigenvalue weighted by Crippen LogP contribution is -3.15. The Bertz CT molecular complexity index is 497. The van der Waals surface area contributed by atoms with E-state index in [0.29, 0.717) is 5.41 Å². The fourth-order valence-corrected chi connectivity index (χ4v) is 7.53. The fourth-order valence-electron chi connectivity index (χ4n) is 7.53. The highest BCUT2D eigenvalue weighted by atomic mass is 16.5. The molecule has 244 valence electrons. The zero-order valence-electron chi connectivity index (χ0n) is 28.4. The highest BCUT2D eigenvalue weighted by molar-refractivity contribution is 4.79. The van der Waals surface area contributed by atoms with Crippen LogP contribution in [0.5, 0.6) is 0 Å². The predicted molar refractivity (Wildman–Crippen MR) is 177 cm³/mol. The molecule has 0 radical (unpaired) electrons. The largest absolute Gasteiger partial charge is 0.381 e. The molecule has 4 nitrogen and oxygen atoms in total. The molecule has 2 fully saturated rings. The number of ether oxygens (including phenoxy) is 2. The summed E-state index contributed by atoms with van der Waals surface area (Å²) in [5.74, 6) is 0. The average molecular weight is 581 g/mol. The van der Waals surface area contributed by atoms with E-state index in [4.69, 9.17) is 9.47 Å². The van der Waals surface area contributed by atoms with Crippen LogP contribution in [0.1, 0.15) is 168 Å². The Morgan fingerprint density at radius 1 is 0.439 bits per heavy atom. The van der Waals surface area contributed by atoms with E-state index in [0.717, 1.165) is 26.4 Å². The summed E-state index contributed by atoms with van der Waals surface area (Å²) in [7, 11) is 0. The van der Waals surface area contributed by atoms with Crippen LogP contribution in [-0.2, 0) is 9.47 Å². The number of quaternary nitrogens is 2. The third-order valence-corrected chi connectivity index (χ3v) is 10.1. The molecule has 0 aromatic heterocycles. The van der Waals surface area contributed by atoms with Crippen molar-refractivity contribution in [3.05, 3.63) is 0 Å². The van der Waals surface area contributed by atoms with E-state index >= 15 is 0 Å². The smallest absolute Gasteiger partial charge is 0.0914 e. The standard InChI is InChI=1S/C37H74N2O2/c1-3-5-7-9-10-11-12-13-16-25-33-41-36-37(34-38-27-19-20-28-38,35-39-29-21-22-30-39)26-18-15-14-17-24-32-40-31-23-8-6-4-2/h3-36H2,1-2H3/p+2. The van der Waals surface area contributed by atoms with Crippen molar-refractivity contribution in [3.8, 4) is 0 Å². The molecule has 0 amide bonds. The number of nitrogens with one attached hydrogen (secondary N) is 2. The SMILES string of the molecule is CCCCCCCCCCCCOCC(CCCCCCCOCCCCCC)(C[NH+]1CCCC1)C[NH+]1CCCC1. The minimum atomic E-state index is 0.388. The van der Waals surface area contributed by atoms with Gasteiger partial charge in [-0.1, -0.05) is 117 Å². The zero-order valence-corrected chi connectivity index (χ0v) is 28.4. The molecule has 4 heteroatoms. The van der Waals surface area contributed by atoms with Crippen molar-refractivity contribution in [2.45, 2.75) is 168 Å².